The second kappa shape index (κ2) is 11.2. The Kier molecular flexibility index (Phi) is 8.14. The molecule has 1 unspecified atom stereocenters. The molecule has 4 nitrogen and oxygen atoms in total. The van der Waals surface area contributed by atoms with Crippen LogP contribution in [0.2, 0.25) is 0 Å². The number of hydrogen-bond acceptors (Lipinski definition) is 2. The third-order valence-electron chi connectivity index (χ3n) is 5.30. The van der Waals surface area contributed by atoms with E-state index in [1.807, 2.05) is 74.5 Å². The summed E-state index contributed by atoms with van der Waals surface area (Å²) in [6.45, 7) is 4.25. The highest BCUT2D eigenvalue weighted by Crippen LogP contribution is 2.18. The van der Waals surface area contributed by atoms with E-state index in [4.69, 9.17) is 0 Å². The number of rotatable bonds is 9. The first-order valence-electron chi connectivity index (χ1n) is 10.8. The molecule has 0 aliphatic rings. The smallest absolute Gasteiger partial charge is 0.243 e. The molecule has 0 radical (unpaired) electrons. The van der Waals surface area contributed by atoms with Crippen LogP contribution >= 0.6 is 0 Å². The largest absolute Gasteiger partial charge is 0.350 e. The van der Waals surface area contributed by atoms with Crippen LogP contribution in [-0.4, -0.2) is 22.8 Å². The molecular formula is C27H29FN2O2. The van der Waals surface area contributed by atoms with Crippen LogP contribution in [0.4, 0.5) is 4.39 Å². The number of carbonyl (C=O) groups excluding carboxylic acids is 2. The fraction of sp³-hybridized carbons (Fsp3) is 0.259. The number of halogens is 1. The molecule has 3 aromatic carbocycles. The molecule has 0 saturated carbocycles. The maximum Gasteiger partial charge on any atom is 0.243 e. The Hall–Kier alpha value is -3.47. The van der Waals surface area contributed by atoms with Gasteiger partial charge in [0.1, 0.15) is 11.9 Å². The minimum atomic E-state index is -0.693. The number of nitrogens with zero attached hydrogens (tertiary/aromatic N) is 1. The van der Waals surface area contributed by atoms with Crippen molar-refractivity contribution >= 4 is 11.8 Å². The van der Waals surface area contributed by atoms with Crippen molar-refractivity contribution in [1.29, 1.82) is 0 Å². The first-order chi connectivity index (χ1) is 15.4. The van der Waals surface area contributed by atoms with E-state index >= 15 is 0 Å². The highest BCUT2D eigenvalue weighted by atomic mass is 19.1. The quantitative estimate of drug-likeness (QED) is 0.531. The van der Waals surface area contributed by atoms with Crippen LogP contribution in [0.5, 0.6) is 0 Å². The van der Waals surface area contributed by atoms with Crippen LogP contribution < -0.4 is 5.32 Å². The lowest BCUT2D eigenvalue weighted by Gasteiger charge is -2.33. The highest BCUT2D eigenvalue weighted by Gasteiger charge is 2.31. The van der Waals surface area contributed by atoms with Crippen LogP contribution in [0.3, 0.4) is 0 Å². The second-order valence-corrected chi connectivity index (χ2v) is 8.16. The van der Waals surface area contributed by atoms with Crippen molar-refractivity contribution in [2.45, 2.75) is 39.4 Å². The SMILES string of the molecule is CC(C)C(=O)N(Cc1ccc(F)cc1)C(Cc1ccccc1)C(=O)NCc1ccccc1. The molecule has 0 aliphatic heterocycles. The van der Waals surface area contributed by atoms with E-state index in [-0.39, 0.29) is 30.1 Å². The number of nitrogens with one attached hydrogen (secondary N) is 1. The summed E-state index contributed by atoms with van der Waals surface area (Å²) in [5.74, 6) is -0.952. The Labute approximate surface area is 189 Å². The van der Waals surface area contributed by atoms with E-state index in [1.54, 1.807) is 17.0 Å². The molecule has 3 aromatic rings. The zero-order valence-corrected chi connectivity index (χ0v) is 18.5. The molecule has 32 heavy (non-hydrogen) atoms. The lowest BCUT2D eigenvalue weighted by Crippen LogP contribution is -2.51. The monoisotopic (exact) mass is 432 g/mol. The molecule has 0 spiro atoms. The third-order valence-corrected chi connectivity index (χ3v) is 5.30. The van der Waals surface area contributed by atoms with Crippen LogP contribution in [-0.2, 0) is 29.1 Å². The molecule has 5 heteroatoms. The molecule has 0 aromatic heterocycles. The Morgan fingerprint density at radius 3 is 1.94 bits per heavy atom. The predicted octanol–water partition coefficient (Wildman–Crippen LogP) is 4.74. The van der Waals surface area contributed by atoms with Crippen molar-refractivity contribution < 1.29 is 14.0 Å². The molecular weight excluding hydrogens is 403 g/mol. The Morgan fingerprint density at radius 1 is 0.812 bits per heavy atom. The van der Waals surface area contributed by atoms with Gasteiger partial charge in [-0.1, -0.05) is 86.6 Å². The van der Waals surface area contributed by atoms with Gasteiger partial charge in [-0.15, -0.1) is 0 Å². The normalized spacial score (nSPS) is 11.8. The van der Waals surface area contributed by atoms with Crippen LogP contribution in [0, 0.1) is 11.7 Å². The van der Waals surface area contributed by atoms with Crippen LogP contribution in [0.1, 0.15) is 30.5 Å². The summed E-state index contributed by atoms with van der Waals surface area (Å²) in [4.78, 5) is 28.2. The van der Waals surface area contributed by atoms with E-state index in [2.05, 4.69) is 5.32 Å². The van der Waals surface area contributed by atoms with Crippen molar-refractivity contribution in [2.24, 2.45) is 5.92 Å². The van der Waals surface area contributed by atoms with Gasteiger partial charge < -0.3 is 10.2 Å². The van der Waals surface area contributed by atoms with E-state index in [0.717, 1.165) is 16.7 Å². The molecule has 2 amide bonds. The zero-order chi connectivity index (χ0) is 22.9. The summed E-state index contributed by atoms with van der Waals surface area (Å²) >= 11 is 0. The van der Waals surface area contributed by atoms with Gasteiger partial charge in [0.15, 0.2) is 0 Å². The highest BCUT2D eigenvalue weighted by molar-refractivity contribution is 5.88. The lowest BCUT2D eigenvalue weighted by molar-refractivity contribution is -0.143. The van der Waals surface area contributed by atoms with Crippen molar-refractivity contribution in [3.63, 3.8) is 0 Å². The van der Waals surface area contributed by atoms with Gasteiger partial charge in [-0.2, -0.15) is 0 Å². The van der Waals surface area contributed by atoms with Gasteiger partial charge in [-0.3, -0.25) is 9.59 Å². The maximum atomic E-state index is 13.4. The van der Waals surface area contributed by atoms with Crippen molar-refractivity contribution in [1.82, 2.24) is 10.2 Å². The maximum absolute atomic E-state index is 13.4. The van der Waals surface area contributed by atoms with Crippen LogP contribution in [0.25, 0.3) is 0 Å². The van der Waals surface area contributed by atoms with Gasteiger partial charge in [0.05, 0.1) is 0 Å². The summed E-state index contributed by atoms with van der Waals surface area (Å²) in [5, 5.41) is 3.00. The summed E-state index contributed by atoms with van der Waals surface area (Å²) in [7, 11) is 0. The fourth-order valence-corrected chi connectivity index (χ4v) is 3.54. The first kappa shape index (κ1) is 23.2. The van der Waals surface area contributed by atoms with Crippen LogP contribution in [0.15, 0.2) is 84.9 Å². The van der Waals surface area contributed by atoms with Gasteiger partial charge in [0.2, 0.25) is 11.8 Å². The number of benzene rings is 3. The van der Waals surface area contributed by atoms with Crippen molar-refractivity contribution in [2.75, 3.05) is 0 Å². The van der Waals surface area contributed by atoms with Gasteiger partial charge in [0.25, 0.3) is 0 Å². The van der Waals surface area contributed by atoms with Crippen molar-refractivity contribution in [3.05, 3.63) is 107 Å². The van der Waals surface area contributed by atoms with Gasteiger partial charge in [0, 0.05) is 25.4 Å². The summed E-state index contributed by atoms with van der Waals surface area (Å²) in [5.41, 5.74) is 2.72. The Bertz CT molecular complexity index is 1000. The molecule has 1 N–H and O–H groups in total. The average molecular weight is 433 g/mol. The summed E-state index contributed by atoms with van der Waals surface area (Å²) in [6.07, 6.45) is 0.390. The zero-order valence-electron chi connectivity index (χ0n) is 18.5. The number of carbonyl (C=O) groups is 2. The van der Waals surface area contributed by atoms with Gasteiger partial charge in [-0.05, 0) is 28.8 Å². The predicted molar refractivity (Wildman–Crippen MR) is 124 cm³/mol. The van der Waals surface area contributed by atoms with E-state index in [9.17, 15) is 14.0 Å². The number of amides is 2. The second-order valence-electron chi connectivity index (χ2n) is 8.16. The molecule has 0 saturated heterocycles. The standard InChI is InChI=1S/C27H29FN2O2/c1-20(2)27(32)30(19-23-13-15-24(28)16-14-23)25(17-21-9-5-3-6-10-21)26(31)29-18-22-11-7-4-8-12-22/h3-16,20,25H,17-19H2,1-2H3,(H,29,31). The molecule has 0 aliphatic carbocycles. The molecule has 0 bridgehead atoms. The summed E-state index contributed by atoms with van der Waals surface area (Å²) < 4.78 is 13.4. The van der Waals surface area contributed by atoms with Gasteiger partial charge in [-0.25, -0.2) is 4.39 Å². The first-order valence-corrected chi connectivity index (χ1v) is 10.8. The molecule has 3 rings (SSSR count). The average Bonchev–Trinajstić information content (AvgIpc) is 2.81. The van der Waals surface area contributed by atoms with E-state index < -0.39 is 6.04 Å². The van der Waals surface area contributed by atoms with E-state index in [0.29, 0.717) is 13.0 Å². The minimum Gasteiger partial charge on any atom is -0.350 e. The third kappa shape index (κ3) is 6.51. The Morgan fingerprint density at radius 2 is 1.38 bits per heavy atom. The number of hydrogen-bond donors (Lipinski definition) is 1. The molecule has 0 fully saturated rings. The fourth-order valence-electron chi connectivity index (χ4n) is 3.54. The van der Waals surface area contributed by atoms with E-state index in [1.165, 1.54) is 12.1 Å². The summed E-state index contributed by atoms with van der Waals surface area (Å²) in [6, 6.07) is 24.7. The topological polar surface area (TPSA) is 49.4 Å². The molecule has 0 heterocycles. The van der Waals surface area contributed by atoms with Gasteiger partial charge >= 0.3 is 0 Å². The molecule has 1 atom stereocenters. The Balaban J connectivity index is 1.89. The van der Waals surface area contributed by atoms with Crippen molar-refractivity contribution in [3.8, 4) is 0 Å². The molecule has 166 valence electrons. The minimum absolute atomic E-state index is 0.120. The lowest BCUT2D eigenvalue weighted by atomic mass is 10.0.